The summed E-state index contributed by atoms with van der Waals surface area (Å²) in [7, 11) is 0. The maximum atomic E-state index is 12.5. The topological polar surface area (TPSA) is 3.24 Å². The first kappa shape index (κ1) is 15.6. The van der Waals surface area contributed by atoms with Crippen LogP contribution in [0.1, 0.15) is 11.1 Å². The predicted octanol–water partition coefficient (Wildman–Crippen LogP) is 3.99. The molecule has 6 heteroatoms. The standard InChI is InChI=1S/C12H14Cl2F3N/c13-4-6-18(7-5-14)9-10-2-1-3-11(8-10)12(15,16)17/h1-3,8H,4-7,9H2. The number of hydrogen-bond acceptors (Lipinski definition) is 1. The molecular formula is C12H14Cl2F3N. The highest BCUT2D eigenvalue weighted by Gasteiger charge is 2.30. The van der Waals surface area contributed by atoms with E-state index in [1.54, 1.807) is 6.07 Å². The van der Waals surface area contributed by atoms with E-state index in [1.807, 2.05) is 4.90 Å². The van der Waals surface area contributed by atoms with Gasteiger partial charge in [-0.25, -0.2) is 0 Å². The lowest BCUT2D eigenvalue weighted by molar-refractivity contribution is -0.137. The summed E-state index contributed by atoms with van der Waals surface area (Å²) >= 11 is 11.3. The Bertz CT molecular complexity index is 363. The van der Waals surface area contributed by atoms with Gasteiger partial charge in [0.05, 0.1) is 5.56 Å². The summed E-state index contributed by atoms with van der Waals surface area (Å²) in [5, 5.41) is 0. The molecule has 18 heavy (non-hydrogen) atoms. The molecule has 0 bridgehead atoms. The Morgan fingerprint density at radius 1 is 1.06 bits per heavy atom. The Kier molecular flexibility index (Phi) is 6.26. The molecule has 0 aliphatic heterocycles. The van der Waals surface area contributed by atoms with Crippen molar-refractivity contribution in [3.05, 3.63) is 35.4 Å². The van der Waals surface area contributed by atoms with Crippen molar-refractivity contribution in [1.29, 1.82) is 0 Å². The van der Waals surface area contributed by atoms with Crippen LogP contribution in [-0.2, 0) is 12.7 Å². The molecule has 1 aromatic rings. The van der Waals surface area contributed by atoms with Gasteiger partial charge in [-0.15, -0.1) is 23.2 Å². The zero-order chi connectivity index (χ0) is 13.6. The van der Waals surface area contributed by atoms with E-state index in [0.717, 1.165) is 12.1 Å². The number of halogens is 5. The van der Waals surface area contributed by atoms with Gasteiger partial charge in [0, 0.05) is 31.4 Å². The second-order valence-corrected chi connectivity index (χ2v) is 4.61. The zero-order valence-electron chi connectivity index (χ0n) is 9.68. The summed E-state index contributed by atoms with van der Waals surface area (Å²) in [6, 6.07) is 5.31. The molecule has 0 saturated heterocycles. The summed E-state index contributed by atoms with van der Waals surface area (Å²) in [4.78, 5) is 1.93. The minimum Gasteiger partial charge on any atom is -0.297 e. The van der Waals surface area contributed by atoms with Gasteiger partial charge in [-0.2, -0.15) is 13.2 Å². The van der Waals surface area contributed by atoms with Crippen LogP contribution in [0.25, 0.3) is 0 Å². The first-order valence-electron chi connectivity index (χ1n) is 5.48. The van der Waals surface area contributed by atoms with Gasteiger partial charge in [-0.05, 0) is 11.6 Å². The molecule has 1 nitrogen and oxygen atoms in total. The zero-order valence-corrected chi connectivity index (χ0v) is 11.2. The number of hydrogen-bond donors (Lipinski definition) is 0. The van der Waals surface area contributed by atoms with Gasteiger partial charge in [-0.3, -0.25) is 4.90 Å². The molecule has 102 valence electrons. The van der Waals surface area contributed by atoms with Gasteiger partial charge in [0.25, 0.3) is 0 Å². The highest BCUT2D eigenvalue weighted by molar-refractivity contribution is 6.18. The molecule has 1 rings (SSSR count). The molecule has 0 saturated carbocycles. The van der Waals surface area contributed by atoms with Crippen LogP contribution in [0.3, 0.4) is 0 Å². The Morgan fingerprint density at radius 2 is 1.67 bits per heavy atom. The van der Waals surface area contributed by atoms with Crippen LogP contribution >= 0.6 is 23.2 Å². The van der Waals surface area contributed by atoms with E-state index in [-0.39, 0.29) is 0 Å². The SMILES string of the molecule is FC(F)(F)c1cccc(CN(CCCl)CCCl)c1. The largest absolute Gasteiger partial charge is 0.416 e. The van der Waals surface area contributed by atoms with Crippen LogP contribution in [0.4, 0.5) is 13.2 Å². The fraction of sp³-hybridized carbons (Fsp3) is 0.500. The van der Waals surface area contributed by atoms with Crippen LogP contribution in [0, 0.1) is 0 Å². The van der Waals surface area contributed by atoms with Crippen LogP contribution in [0.2, 0.25) is 0 Å². The average Bonchev–Trinajstić information content (AvgIpc) is 2.29. The fourth-order valence-corrected chi connectivity index (χ4v) is 2.09. The highest BCUT2D eigenvalue weighted by atomic mass is 35.5. The molecule has 0 unspecified atom stereocenters. The quantitative estimate of drug-likeness (QED) is 0.718. The van der Waals surface area contributed by atoms with E-state index in [2.05, 4.69) is 0 Å². The minimum absolute atomic E-state index is 0.420. The lowest BCUT2D eigenvalue weighted by Crippen LogP contribution is -2.27. The van der Waals surface area contributed by atoms with E-state index in [0.29, 0.717) is 37.0 Å². The van der Waals surface area contributed by atoms with E-state index < -0.39 is 11.7 Å². The van der Waals surface area contributed by atoms with Crippen LogP contribution in [0.15, 0.2) is 24.3 Å². The molecular weight excluding hydrogens is 286 g/mol. The van der Waals surface area contributed by atoms with Crippen molar-refractivity contribution >= 4 is 23.2 Å². The Balaban J connectivity index is 2.77. The molecule has 0 radical (unpaired) electrons. The Hall–Kier alpha value is -0.450. The molecule has 1 aromatic carbocycles. The van der Waals surface area contributed by atoms with Gasteiger partial charge in [0.1, 0.15) is 0 Å². The Labute approximate surface area is 114 Å². The average molecular weight is 300 g/mol. The van der Waals surface area contributed by atoms with Crippen molar-refractivity contribution in [3.63, 3.8) is 0 Å². The molecule has 0 N–H and O–H groups in total. The number of rotatable bonds is 6. The number of benzene rings is 1. The van der Waals surface area contributed by atoms with Gasteiger partial charge in [0.2, 0.25) is 0 Å². The third-order valence-electron chi connectivity index (χ3n) is 2.46. The third-order valence-corrected chi connectivity index (χ3v) is 2.80. The molecule has 0 atom stereocenters. The summed E-state index contributed by atoms with van der Waals surface area (Å²) in [5.41, 5.74) is -0.0169. The number of alkyl halides is 5. The smallest absolute Gasteiger partial charge is 0.297 e. The van der Waals surface area contributed by atoms with E-state index >= 15 is 0 Å². The second kappa shape index (κ2) is 7.22. The predicted molar refractivity (Wildman–Crippen MR) is 68.2 cm³/mol. The fourth-order valence-electron chi connectivity index (χ4n) is 1.61. The normalized spacial score (nSPS) is 12.1. The first-order valence-corrected chi connectivity index (χ1v) is 6.54. The van der Waals surface area contributed by atoms with Crippen LogP contribution in [-0.4, -0.2) is 29.7 Å². The first-order chi connectivity index (χ1) is 8.47. The van der Waals surface area contributed by atoms with Crippen molar-refractivity contribution in [2.45, 2.75) is 12.7 Å². The number of nitrogens with zero attached hydrogens (tertiary/aromatic N) is 1. The van der Waals surface area contributed by atoms with Crippen molar-refractivity contribution in [1.82, 2.24) is 4.90 Å². The van der Waals surface area contributed by atoms with Crippen molar-refractivity contribution in [2.75, 3.05) is 24.8 Å². The van der Waals surface area contributed by atoms with Crippen LogP contribution < -0.4 is 0 Å². The van der Waals surface area contributed by atoms with E-state index in [9.17, 15) is 13.2 Å². The van der Waals surface area contributed by atoms with Crippen molar-refractivity contribution < 1.29 is 13.2 Å². The molecule has 0 amide bonds. The minimum atomic E-state index is -4.31. The molecule has 0 spiro atoms. The van der Waals surface area contributed by atoms with Crippen LogP contribution in [0.5, 0.6) is 0 Å². The third kappa shape index (κ3) is 5.04. The summed E-state index contributed by atoms with van der Waals surface area (Å²) in [6.45, 7) is 1.62. The van der Waals surface area contributed by atoms with E-state index in [1.165, 1.54) is 6.07 Å². The molecule has 0 aliphatic carbocycles. The monoisotopic (exact) mass is 299 g/mol. The molecule has 0 aliphatic rings. The van der Waals surface area contributed by atoms with Crippen molar-refractivity contribution in [2.24, 2.45) is 0 Å². The molecule has 0 heterocycles. The maximum absolute atomic E-state index is 12.5. The summed E-state index contributed by atoms with van der Waals surface area (Å²) in [5.74, 6) is 0.853. The molecule has 0 aromatic heterocycles. The van der Waals surface area contributed by atoms with E-state index in [4.69, 9.17) is 23.2 Å². The maximum Gasteiger partial charge on any atom is 0.416 e. The van der Waals surface area contributed by atoms with Gasteiger partial charge < -0.3 is 0 Å². The lowest BCUT2D eigenvalue weighted by atomic mass is 10.1. The Morgan fingerprint density at radius 3 is 2.17 bits per heavy atom. The second-order valence-electron chi connectivity index (χ2n) is 3.85. The highest BCUT2D eigenvalue weighted by Crippen LogP contribution is 2.29. The lowest BCUT2D eigenvalue weighted by Gasteiger charge is -2.20. The molecule has 0 fully saturated rings. The summed E-state index contributed by atoms with van der Waals surface area (Å²) < 4.78 is 37.6. The van der Waals surface area contributed by atoms with Gasteiger partial charge in [-0.1, -0.05) is 18.2 Å². The van der Waals surface area contributed by atoms with Gasteiger partial charge in [0.15, 0.2) is 0 Å². The summed E-state index contributed by atoms with van der Waals surface area (Å²) in [6.07, 6.45) is -4.31. The van der Waals surface area contributed by atoms with Gasteiger partial charge >= 0.3 is 6.18 Å². The van der Waals surface area contributed by atoms with Crippen molar-refractivity contribution in [3.8, 4) is 0 Å².